The predicted octanol–water partition coefficient (Wildman–Crippen LogP) is 1.25. The summed E-state index contributed by atoms with van der Waals surface area (Å²) in [6.45, 7) is 4.56. The Labute approximate surface area is 118 Å². The molecule has 0 aliphatic carbocycles. The van der Waals surface area contributed by atoms with Gasteiger partial charge >= 0.3 is 0 Å². The van der Waals surface area contributed by atoms with Crippen LogP contribution in [0.4, 0.5) is 5.69 Å². The van der Waals surface area contributed by atoms with Crippen LogP contribution in [0.15, 0.2) is 36.9 Å². The molecule has 106 valence electrons. The molecule has 0 bridgehead atoms. The molecule has 0 aliphatic heterocycles. The van der Waals surface area contributed by atoms with Crippen LogP contribution in [0.1, 0.15) is 19.4 Å². The van der Waals surface area contributed by atoms with E-state index >= 15 is 0 Å². The summed E-state index contributed by atoms with van der Waals surface area (Å²) in [4.78, 5) is 16.0. The van der Waals surface area contributed by atoms with Crippen LogP contribution < -0.4 is 11.1 Å². The Balaban J connectivity index is 2.08. The first-order valence-electron chi connectivity index (χ1n) is 6.44. The average Bonchev–Trinajstić information content (AvgIpc) is 2.92. The van der Waals surface area contributed by atoms with Gasteiger partial charge in [-0.3, -0.25) is 4.79 Å². The molecular formula is C14H19N5O. The number of hydrogen-bond acceptors (Lipinski definition) is 4. The second-order valence-corrected chi connectivity index (χ2v) is 5.34. The fourth-order valence-corrected chi connectivity index (χ4v) is 1.64. The molecule has 2 rings (SSSR count). The van der Waals surface area contributed by atoms with E-state index in [1.807, 2.05) is 38.1 Å². The standard InChI is InChI=1S/C14H19N5O/c1-14(2,8-15)13(20)18-12-5-3-4-11(6-12)7-19-10-16-9-17-19/h3-6,9-10H,7-8,15H2,1-2H3,(H,18,20). The fourth-order valence-electron chi connectivity index (χ4n) is 1.64. The van der Waals surface area contributed by atoms with Crippen LogP contribution >= 0.6 is 0 Å². The van der Waals surface area contributed by atoms with Gasteiger partial charge in [-0.1, -0.05) is 12.1 Å². The minimum absolute atomic E-state index is 0.0853. The predicted molar refractivity (Wildman–Crippen MR) is 77.0 cm³/mol. The van der Waals surface area contributed by atoms with Crippen LogP contribution in [0.5, 0.6) is 0 Å². The number of benzene rings is 1. The number of rotatable bonds is 5. The molecule has 0 fully saturated rings. The van der Waals surface area contributed by atoms with Gasteiger partial charge in [0.05, 0.1) is 12.0 Å². The molecule has 20 heavy (non-hydrogen) atoms. The highest BCUT2D eigenvalue weighted by Gasteiger charge is 2.25. The van der Waals surface area contributed by atoms with Gasteiger partial charge in [0, 0.05) is 12.2 Å². The van der Waals surface area contributed by atoms with Gasteiger partial charge in [0.25, 0.3) is 0 Å². The molecule has 3 N–H and O–H groups in total. The van der Waals surface area contributed by atoms with Crippen molar-refractivity contribution in [1.29, 1.82) is 0 Å². The summed E-state index contributed by atoms with van der Waals surface area (Å²) in [5, 5.41) is 6.95. The number of nitrogens with zero attached hydrogens (tertiary/aromatic N) is 3. The third-order valence-corrected chi connectivity index (χ3v) is 3.12. The quantitative estimate of drug-likeness (QED) is 0.858. The molecule has 1 aromatic carbocycles. The van der Waals surface area contributed by atoms with Gasteiger partial charge in [0.15, 0.2) is 0 Å². The van der Waals surface area contributed by atoms with Crippen LogP contribution in [0.3, 0.4) is 0 Å². The summed E-state index contributed by atoms with van der Waals surface area (Å²) >= 11 is 0. The first-order valence-corrected chi connectivity index (χ1v) is 6.44. The molecule has 0 unspecified atom stereocenters. The molecule has 1 aromatic heterocycles. The number of anilines is 1. The van der Waals surface area contributed by atoms with Crippen molar-refractivity contribution in [2.75, 3.05) is 11.9 Å². The Morgan fingerprint density at radius 1 is 1.45 bits per heavy atom. The Bertz CT molecular complexity index is 577. The van der Waals surface area contributed by atoms with Crippen molar-refractivity contribution >= 4 is 11.6 Å². The molecule has 6 heteroatoms. The Hall–Kier alpha value is -2.21. The first-order chi connectivity index (χ1) is 9.51. The monoisotopic (exact) mass is 273 g/mol. The van der Waals surface area contributed by atoms with Crippen LogP contribution in [-0.4, -0.2) is 27.2 Å². The number of amides is 1. The van der Waals surface area contributed by atoms with Crippen molar-refractivity contribution in [2.24, 2.45) is 11.1 Å². The minimum Gasteiger partial charge on any atom is -0.329 e. The molecule has 2 aromatic rings. The highest BCUT2D eigenvalue weighted by molar-refractivity contribution is 5.95. The topological polar surface area (TPSA) is 85.8 Å². The summed E-state index contributed by atoms with van der Waals surface area (Å²) in [6, 6.07) is 7.66. The largest absolute Gasteiger partial charge is 0.329 e. The SMILES string of the molecule is CC(C)(CN)C(=O)Nc1cccc(Cn2cncn2)c1. The van der Waals surface area contributed by atoms with Gasteiger partial charge in [0.1, 0.15) is 12.7 Å². The zero-order chi connectivity index (χ0) is 14.6. The third-order valence-electron chi connectivity index (χ3n) is 3.12. The maximum atomic E-state index is 12.1. The molecule has 0 saturated carbocycles. The van der Waals surface area contributed by atoms with Crippen LogP contribution in [-0.2, 0) is 11.3 Å². The van der Waals surface area contributed by atoms with Crippen molar-refractivity contribution in [1.82, 2.24) is 14.8 Å². The van der Waals surface area contributed by atoms with Crippen molar-refractivity contribution < 1.29 is 4.79 Å². The van der Waals surface area contributed by atoms with Gasteiger partial charge in [-0.2, -0.15) is 5.10 Å². The lowest BCUT2D eigenvalue weighted by molar-refractivity contribution is -0.123. The highest BCUT2D eigenvalue weighted by Crippen LogP contribution is 2.18. The number of nitrogens with two attached hydrogens (primary N) is 1. The average molecular weight is 273 g/mol. The number of carbonyl (C=O) groups excluding carboxylic acids is 1. The minimum atomic E-state index is -0.581. The smallest absolute Gasteiger partial charge is 0.231 e. The normalized spacial score (nSPS) is 11.3. The number of hydrogen-bond donors (Lipinski definition) is 2. The second kappa shape index (κ2) is 5.83. The Morgan fingerprint density at radius 3 is 2.90 bits per heavy atom. The second-order valence-electron chi connectivity index (χ2n) is 5.34. The number of nitrogens with one attached hydrogen (secondary N) is 1. The molecule has 1 amide bonds. The van der Waals surface area contributed by atoms with Gasteiger partial charge < -0.3 is 11.1 Å². The summed E-state index contributed by atoms with van der Waals surface area (Å²) in [7, 11) is 0. The van der Waals surface area contributed by atoms with E-state index in [0.717, 1.165) is 11.3 Å². The molecule has 0 aliphatic rings. The van der Waals surface area contributed by atoms with Gasteiger partial charge in [-0.15, -0.1) is 0 Å². The highest BCUT2D eigenvalue weighted by atomic mass is 16.2. The van der Waals surface area contributed by atoms with Gasteiger partial charge in [-0.05, 0) is 31.5 Å². The van der Waals surface area contributed by atoms with Gasteiger partial charge in [0.2, 0.25) is 5.91 Å². The lowest BCUT2D eigenvalue weighted by Gasteiger charge is -2.21. The summed E-state index contributed by atoms with van der Waals surface area (Å²) in [6.07, 6.45) is 3.15. The maximum absolute atomic E-state index is 12.1. The first kappa shape index (κ1) is 14.2. The van der Waals surface area contributed by atoms with Crippen LogP contribution in [0.25, 0.3) is 0 Å². The van der Waals surface area contributed by atoms with Crippen LogP contribution in [0.2, 0.25) is 0 Å². The molecule has 1 heterocycles. The number of carbonyl (C=O) groups is 1. The van der Waals surface area contributed by atoms with Crippen molar-refractivity contribution in [2.45, 2.75) is 20.4 Å². The zero-order valence-corrected chi connectivity index (χ0v) is 11.7. The van der Waals surface area contributed by atoms with E-state index in [1.165, 1.54) is 6.33 Å². The number of aromatic nitrogens is 3. The Kier molecular flexibility index (Phi) is 4.14. The van der Waals surface area contributed by atoms with Gasteiger partial charge in [-0.25, -0.2) is 9.67 Å². The van der Waals surface area contributed by atoms with E-state index in [1.54, 1.807) is 11.0 Å². The zero-order valence-electron chi connectivity index (χ0n) is 11.7. The maximum Gasteiger partial charge on any atom is 0.231 e. The molecular weight excluding hydrogens is 254 g/mol. The van der Waals surface area contributed by atoms with E-state index in [2.05, 4.69) is 15.4 Å². The van der Waals surface area contributed by atoms with E-state index in [0.29, 0.717) is 13.1 Å². The van der Waals surface area contributed by atoms with Crippen molar-refractivity contribution in [3.63, 3.8) is 0 Å². The lowest BCUT2D eigenvalue weighted by atomic mass is 9.92. The summed E-state index contributed by atoms with van der Waals surface area (Å²) < 4.78 is 1.73. The van der Waals surface area contributed by atoms with Crippen molar-refractivity contribution in [3.8, 4) is 0 Å². The van der Waals surface area contributed by atoms with E-state index in [-0.39, 0.29) is 5.91 Å². The third kappa shape index (κ3) is 3.42. The van der Waals surface area contributed by atoms with E-state index < -0.39 is 5.41 Å². The summed E-state index contributed by atoms with van der Waals surface area (Å²) in [5.74, 6) is -0.0853. The molecule has 6 nitrogen and oxygen atoms in total. The van der Waals surface area contributed by atoms with Crippen LogP contribution in [0, 0.1) is 5.41 Å². The fraction of sp³-hybridized carbons (Fsp3) is 0.357. The van der Waals surface area contributed by atoms with E-state index in [4.69, 9.17) is 5.73 Å². The van der Waals surface area contributed by atoms with Crippen molar-refractivity contribution in [3.05, 3.63) is 42.5 Å². The molecule has 0 saturated heterocycles. The summed E-state index contributed by atoms with van der Waals surface area (Å²) in [5.41, 5.74) is 6.82. The van der Waals surface area contributed by atoms with E-state index in [9.17, 15) is 4.79 Å². The Morgan fingerprint density at radius 2 is 2.25 bits per heavy atom. The molecule has 0 atom stereocenters. The lowest BCUT2D eigenvalue weighted by Crippen LogP contribution is -2.37. The molecule has 0 spiro atoms. The molecule has 0 radical (unpaired) electrons.